The Bertz CT molecular complexity index is 1750. The smallest absolute Gasteiger partial charge is 0.247 e. The van der Waals surface area contributed by atoms with Crippen molar-refractivity contribution in [2.45, 2.75) is 38.9 Å². The summed E-state index contributed by atoms with van der Waals surface area (Å²) in [5, 5.41) is 0. The maximum Gasteiger partial charge on any atom is 0.247 e. The molecule has 0 radical (unpaired) electrons. The van der Waals surface area contributed by atoms with Crippen LogP contribution in [0, 0.1) is 6.92 Å². The van der Waals surface area contributed by atoms with Crippen LogP contribution in [0.1, 0.15) is 32.8 Å². The minimum Gasteiger partial charge on any atom is -0.336 e. The van der Waals surface area contributed by atoms with E-state index in [1.807, 2.05) is 78.6 Å². The van der Waals surface area contributed by atoms with Crippen LogP contribution in [0.25, 0.3) is 17.3 Å². The second-order valence-corrected chi connectivity index (χ2v) is 11.8. The first kappa shape index (κ1) is 29.1. The number of hydrogen-bond donors (Lipinski definition) is 0. The van der Waals surface area contributed by atoms with Crippen LogP contribution < -0.4 is 0 Å². The molecular formula is C36H33N5O2S. The van der Waals surface area contributed by atoms with Crippen molar-refractivity contribution >= 4 is 29.2 Å². The molecule has 1 aliphatic heterocycles. The van der Waals surface area contributed by atoms with E-state index in [9.17, 15) is 9.59 Å². The van der Waals surface area contributed by atoms with Crippen LogP contribution in [0.5, 0.6) is 0 Å². The third-order valence-electron chi connectivity index (χ3n) is 7.98. The summed E-state index contributed by atoms with van der Waals surface area (Å²) in [5.74, 6) is -0.266. The number of aromatic nitrogens is 3. The van der Waals surface area contributed by atoms with Crippen molar-refractivity contribution in [3.8, 4) is 11.3 Å². The van der Waals surface area contributed by atoms with Gasteiger partial charge in [0.25, 0.3) is 0 Å². The zero-order valence-corrected chi connectivity index (χ0v) is 25.4. The molecule has 2 amide bonds. The summed E-state index contributed by atoms with van der Waals surface area (Å²) in [4.78, 5) is 46.0. The molecule has 220 valence electrons. The van der Waals surface area contributed by atoms with Crippen LogP contribution in [0.4, 0.5) is 0 Å². The van der Waals surface area contributed by atoms with Gasteiger partial charge in [-0.05, 0) is 41.7 Å². The van der Waals surface area contributed by atoms with Gasteiger partial charge >= 0.3 is 0 Å². The second kappa shape index (κ2) is 13.6. The van der Waals surface area contributed by atoms with Gasteiger partial charge in [-0.25, -0.2) is 4.98 Å². The minimum atomic E-state index is -0.693. The summed E-state index contributed by atoms with van der Waals surface area (Å²) in [5.41, 5.74) is 8.70. The fourth-order valence-corrected chi connectivity index (χ4v) is 6.24. The Morgan fingerprint density at radius 3 is 2.43 bits per heavy atom. The Kier molecular flexibility index (Phi) is 8.98. The Labute approximate surface area is 261 Å². The minimum absolute atomic E-state index is 0.0461. The number of fused-ring (bicyclic) bond motifs is 1. The van der Waals surface area contributed by atoms with Crippen molar-refractivity contribution in [2.75, 3.05) is 6.54 Å². The molecule has 6 rings (SSSR count). The molecule has 1 unspecified atom stereocenters. The van der Waals surface area contributed by atoms with Gasteiger partial charge in [-0.3, -0.25) is 19.6 Å². The first-order valence-corrected chi connectivity index (χ1v) is 15.6. The molecular weight excluding hydrogens is 566 g/mol. The van der Waals surface area contributed by atoms with Crippen LogP contribution in [0.3, 0.4) is 0 Å². The van der Waals surface area contributed by atoms with Gasteiger partial charge in [-0.2, -0.15) is 0 Å². The van der Waals surface area contributed by atoms with Gasteiger partial charge in [0.1, 0.15) is 6.04 Å². The van der Waals surface area contributed by atoms with Crippen molar-refractivity contribution in [1.29, 1.82) is 0 Å². The van der Waals surface area contributed by atoms with Gasteiger partial charge in [0.05, 0.1) is 23.1 Å². The van der Waals surface area contributed by atoms with E-state index in [4.69, 9.17) is 0 Å². The zero-order valence-electron chi connectivity index (χ0n) is 24.5. The number of rotatable bonds is 9. The number of amides is 2. The highest BCUT2D eigenvalue weighted by molar-refractivity contribution is 7.10. The van der Waals surface area contributed by atoms with E-state index in [1.165, 1.54) is 16.9 Å². The van der Waals surface area contributed by atoms with Crippen molar-refractivity contribution in [3.63, 3.8) is 0 Å². The number of thiazole rings is 1. The Morgan fingerprint density at radius 1 is 0.932 bits per heavy atom. The third-order valence-corrected chi connectivity index (χ3v) is 8.88. The van der Waals surface area contributed by atoms with Gasteiger partial charge in [0.2, 0.25) is 11.8 Å². The van der Waals surface area contributed by atoms with E-state index >= 15 is 0 Å². The van der Waals surface area contributed by atoms with Gasteiger partial charge in [-0.1, -0.05) is 78.9 Å². The molecule has 44 heavy (non-hydrogen) atoms. The van der Waals surface area contributed by atoms with Crippen LogP contribution >= 0.6 is 11.3 Å². The van der Waals surface area contributed by atoms with Crippen molar-refractivity contribution < 1.29 is 9.59 Å². The average molecular weight is 600 g/mol. The molecule has 0 fully saturated rings. The number of carbonyl (C=O) groups is 2. The summed E-state index contributed by atoms with van der Waals surface area (Å²) in [6.45, 7) is 3.35. The lowest BCUT2D eigenvalue weighted by Crippen LogP contribution is -2.52. The highest BCUT2D eigenvalue weighted by Crippen LogP contribution is 2.24. The van der Waals surface area contributed by atoms with Gasteiger partial charge in [0.15, 0.2) is 0 Å². The zero-order chi connectivity index (χ0) is 30.3. The first-order chi connectivity index (χ1) is 21.5. The number of hydrogen-bond acceptors (Lipinski definition) is 6. The molecule has 3 aromatic carbocycles. The van der Waals surface area contributed by atoms with Gasteiger partial charge in [-0.15, -0.1) is 11.3 Å². The average Bonchev–Trinajstić information content (AvgIpc) is 3.50. The Balaban J connectivity index is 1.34. The van der Waals surface area contributed by atoms with E-state index in [0.29, 0.717) is 19.5 Å². The van der Waals surface area contributed by atoms with Crippen LogP contribution in [0.2, 0.25) is 0 Å². The lowest BCUT2D eigenvalue weighted by Gasteiger charge is -2.37. The molecule has 0 bridgehead atoms. The Hall–Kier alpha value is -4.95. The highest BCUT2D eigenvalue weighted by Gasteiger charge is 2.34. The monoisotopic (exact) mass is 599 g/mol. The lowest BCUT2D eigenvalue weighted by atomic mass is 9.97. The molecule has 8 heteroatoms. The highest BCUT2D eigenvalue weighted by atomic mass is 32.1. The molecule has 2 aromatic heterocycles. The normalized spacial score (nSPS) is 13.4. The lowest BCUT2D eigenvalue weighted by molar-refractivity contribution is -0.144. The van der Waals surface area contributed by atoms with E-state index < -0.39 is 6.04 Å². The summed E-state index contributed by atoms with van der Waals surface area (Å²) in [6.07, 6.45) is 9.62. The molecule has 0 saturated heterocycles. The van der Waals surface area contributed by atoms with Crippen molar-refractivity contribution in [3.05, 3.63) is 142 Å². The summed E-state index contributed by atoms with van der Waals surface area (Å²) in [6, 6.07) is 25.5. The molecule has 7 nitrogen and oxygen atoms in total. The topological polar surface area (TPSA) is 79.3 Å². The first-order valence-electron chi connectivity index (χ1n) is 14.7. The maximum absolute atomic E-state index is 14.5. The predicted molar refractivity (Wildman–Crippen MR) is 173 cm³/mol. The number of aryl methyl sites for hydroxylation is 1. The predicted octanol–water partition coefficient (Wildman–Crippen LogP) is 6.15. The van der Waals surface area contributed by atoms with E-state index in [-0.39, 0.29) is 18.4 Å². The molecule has 0 N–H and O–H groups in total. The molecule has 1 aliphatic rings. The molecule has 3 heterocycles. The number of benzene rings is 3. The molecule has 0 aliphatic carbocycles. The fraction of sp³-hybridized carbons (Fsp3) is 0.194. The maximum atomic E-state index is 14.5. The summed E-state index contributed by atoms with van der Waals surface area (Å²) >= 11 is 1.49. The van der Waals surface area contributed by atoms with Gasteiger partial charge in [0, 0.05) is 55.0 Å². The van der Waals surface area contributed by atoms with E-state index in [1.54, 1.807) is 41.2 Å². The van der Waals surface area contributed by atoms with Gasteiger partial charge < -0.3 is 9.80 Å². The molecule has 5 aromatic rings. The van der Waals surface area contributed by atoms with Crippen molar-refractivity contribution in [2.24, 2.45) is 0 Å². The number of carbonyl (C=O) groups excluding carboxylic acids is 2. The largest absolute Gasteiger partial charge is 0.336 e. The fourth-order valence-electron chi connectivity index (χ4n) is 5.54. The molecule has 0 saturated carbocycles. The van der Waals surface area contributed by atoms with E-state index in [2.05, 4.69) is 27.1 Å². The Morgan fingerprint density at radius 2 is 1.70 bits per heavy atom. The molecule has 1 atom stereocenters. The SMILES string of the molecule is Cc1ncsc1C=CC(=O)N(Cc1ccc(-c2cnccn2)cc1)C(Cc1ccccc1)C(=O)N1CCc2ccccc2C1. The van der Waals surface area contributed by atoms with Crippen LogP contribution in [-0.2, 0) is 35.5 Å². The van der Waals surface area contributed by atoms with E-state index in [0.717, 1.165) is 44.9 Å². The molecule has 0 spiro atoms. The summed E-state index contributed by atoms with van der Waals surface area (Å²) in [7, 11) is 0. The third kappa shape index (κ3) is 6.82. The quantitative estimate of drug-likeness (QED) is 0.190. The standard InChI is InChI=1S/C36H33N5O2S/c1-26-34(44-25-39-26)15-16-35(42)41(23-28-11-13-30(14-12-28)32-22-37-18-19-38-32)33(21-27-7-3-2-4-8-27)36(43)40-20-17-29-9-5-6-10-31(29)24-40/h2-16,18-19,22,25,33H,17,20-21,23-24H2,1H3. The van der Waals surface area contributed by atoms with Crippen LogP contribution in [0.15, 0.2) is 109 Å². The summed E-state index contributed by atoms with van der Waals surface area (Å²) < 4.78 is 0. The second-order valence-electron chi connectivity index (χ2n) is 10.9. The number of nitrogens with zero attached hydrogens (tertiary/aromatic N) is 5. The van der Waals surface area contributed by atoms with Crippen molar-refractivity contribution in [1.82, 2.24) is 24.8 Å². The van der Waals surface area contributed by atoms with Crippen LogP contribution in [-0.4, -0.2) is 49.2 Å².